The van der Waals surface area contributed by atoms with Crippen molar-refractivity contribution >= 4 is 17.5 Å². The van der Waals surface area contributed by atoms with Gasteiger partial charge in [0.15, 0.2) is 0 Å². The van der Waals surface area contributed by atoms with Gasteiger partial charge in [-0.05, 0) is 44.2 Å². The van der Waals surface area contributed by atoms with Crippen molar-refractivity contribution in [2.45, 2.75) is 26.8 Å². The molecule has 0 spiro atoms. The fourth-order valence-corrected chi connectivity index (χ4v) is 1.67. The molecule has 0 aromatic heterocycles. The molecule has 0 aliphatic heterocycles. The summed E-state index contributed by atoms with van der Waals surface area (Å²) in [6.45, 7) is 7.49. The highest BCUT2D eigenvalue weighted by molar-refractivity contribution is 6.31. The molecular formula is C13H19ClN2O. The van der Waals surface area contributed by atoms with E-state index in [0.717, 1.165) is 12.1 Å². The fraction of sp³-hybridized carbons (Fsp3) is 0.462. The van der Waals surface area contributed by atoms with Gasteiger partial charge in [-0.1, -0.05) is 18.5 Å². The van der Waals surface area contributed by atoms with E-state index in [9.17, 15) is 4.79 Å². The molecule has 0 fully saturated rings. The van der Waals surface area contributed by atoms with E-state index in [-0.39, 0.29) is 11.9 Å². The number of rotatable bonds is 5. The third kappa shape index (κ3) is 4.36. The molecule has 4 heteroatoms. The summed E-state index contributed by atoms with van der Waals surface area (Å²) in [4.78, 5) is 11.8. The number of likely N-dealkylation sites (N-methyl/N-ethyl adjacent to an activating group) is 1. The van der Waals surface area contributed by atoms with Crippen molar-refractivity contribution in [3.05, 3.63) is 34.3 Å². The first-order valence-corrected chi connectivity index (χ1v) is 6.20. The van der Waals surface area contributed by atoms with Crippen LogP contribution >= 0.6 is 11.6 Å². The Morgan fingerprint density at radius 2 is 2.18 bits per heavy atom. The first-order chi connectivity index (χ1) is 8.04. The van der Waals surface area contributed by atoms with Crippen molar-refractivity contribution in [2.24, 2.45) is 0 Å². The van der Waals surface area contributed by atoms with Crippen molar-refractivity contribution < 1.29 is 4.79 Å². The monoisotopic (exact) mass is 254 g/mol. The molecule has 1 aromatic carbocycles. The van der Waals surface area contributed by atoms with Crippen LogP contribution in [0.25, 0.3) is 0 Å². The molecule has 0 aliphatic rings. The molecule has 0 saturated heterocycles. The third-order valence-electron chi connectivity index (χ3n) is 2.54. The third-order valence-corrected chi connectivity index (χ3v) is 2.97. The van der Waals surface area contributed by atoms with Crippen molar-refractivity contribution in [3.8, 4) is 0 Å². The maximum Gasteiger partial charge on any atom is 0.251 e. The van der Waals surface area contributed by atoms with Crippen LogP contribution in [0.1, 0.15) is 29.8 Å². The van der Waals surface area contributed by atoms with Gasteiger partial charge in [-0.15, -0.1) is 0 Å². The van der Waals surface area contributed by atoms with Gasteiger partial charge in [-0.25, -0.2) is 0 Å². The molecule has 17 heavy (non-hydrogen) atoms. The number of benzene rings is 1. The molecule has 0 aliphatic carbocycles. The van der Waals surface area contributed by atoms with Gasteiger partial charge in [0.2, 0.25) is 0 Å². The van der Waals surface area contributed by atoms with Crippen molar-refractivity contribution in [1.82, 2.24) is 10.6 Å². The number of hydrogen-bond acceptors (Lipinski definition) is 2. The van der Waals surface area contributed by atoms with Gasteiger partial charge in [-0.3, -0.25) is 4.79 Å². The van der Waals surface area contributed by atoms with E-state index in [1.54, 1.807) is 18.2 Å². The highest BCUT2D eigenvalue weighted by Crippen LogP contribution is 2.16. The number of carbonyl (C=O) groups is 1. The lowest BCUT2D eigenvalue weighted by molar-refractivity contribution is 0.0950. The lowest BCUT2D eigenvalue weighted by Crippen LogP contribution is -2.38. The summed E-state index contributed by atoms with van der Waals surface area (Å²) < 4.78 is 0. The highest BCUT2D eigenvalue weighted by Gasteiger charge is 2.08. The maximum absolute atomic E-state index is 11.8. The Kier molecular flexibility index (Phi) is 5.45. The van der Waals surface area contributed by atoms with E-state index < -0.39 is 0 Å². The largest absolute Gasteiger partial charge is 0.350 e. The summed E-state index contributed by atoms with van der Waals surface area (Å²) in [5.41, 5.74) is 1.56. The summed E-state index contributed by atoms with van der Waals surface area (Å²) in [5, 5.41) is 6.81. The normalized spacial score (nSPS) is 12.2. The van der Waals surface area contributed by atoms with Crippen LogP contribution in [0.2, 0.25) is 5.02 Å². The van der Waals surface area contributed by atoms with Crippen LogP contribution in [0.5, 0.6) is 0 Å². The lowest BCUT2D eigenvalue weighted by Gasteiger charge is -2.13. The second-order valence-electron chi connectivity index (χ2n) is 4.13. The molecular weight excluding hydrogens is 236 g/mol. The van der Waals surface area contributed by atoms with Crippen LogP contribution in [0.4, 0.5) is 0 Å². The summed E-state index contributed by atoms with van der Waals surface area (Å²) in [5.74, 6) is -0.0606. The van der Waals surface area contributed by atoms with Crippen LogP contribution in [0.3, 0.4) is 0 Å². The summed E-state index contributed by atoms with van der Waals surface area (Å²) in [6.07, 6.45) is 0. The number of nitrogens with one attached hydrogen (secondary N) is 2. The lowest BCUT2D eigenvalue weighted by atomic mass is 10.1. The molecule has 2 N–H and O–H groups in total. The van der Waals surface area contributed by atoms with Gasteiger partial charge >= 0.3 is 0 Å². The number of halogens is 1. The first-order valence-electron chi connectivity index (χ1n) is 5.82. The SMILES string of the molecule is CCN[C@H](C)CNC(=O)c1ccc(Cl)c(C)c1. The predicted molar refractivity (Wildman–Crippen MR) is 71.7 cm³/mol. The fourth-order valence-electron chi connectivity index (χ4n) is 1.55. The van der Waals surface area contributed by atoms with Gasteiger partial charge in [0.1, 0.15) is 0 Å². The second-order valence-corrected chi connectivity index (χ2v) is 4.54. The zero-order valence-electron chi connectivity index (χ0n) is 10.5. The number of carbonyl (C=O) groups excluding carboxylic acids is 1. The van der Waals surface area contributed by atoms with E-state index in [1.807, 2.05) is 20.8 Å². The molecule has 1 atom stereocenters. The maximum atomic E-state index is 11.8. The Morgan fingerprint density at radius 1 is 1.47 bits per heavy atom. The Labute approximate surface area is 108 Å². The number of hydrogen-bond donors (Lipinski definition) is 2. The smallest absolute Gasteiger partial charge is 0.251 e. The average Bonchev–Trinajstić information content (AvgIpc) is 2.30. The van der Waals surface area contributed by atoms with Gasteiger partial charge in [0, 0.05) is 23.2 Å². The second kappa shape index (κ2) is 6.62. The number of aryl methyl sites for hydroxylation is 1. The minimum Gasteiger partial charge on any atom is -0.350 e. The van der Waals surface area contributed by atoms with Crippen molar-refractivity contribution in [2.75, 3.05) is 13.1 Å². The van der Waals surface area contributed by atoms with Crippen molar-refractivity contribution in [3.63, 3.8) is 0 Å². The summed E-state index contributed by atoms with van der Waals surface area (Å²) in [6, 6.07) is 5.56. The molecule has 0 saturated carbocycles. The van der Waals surface area contributed by atoms with E-state index in [1.165, 1.54) is 0 Å². The predicted octanol–water partition coefficient (Wildman–Crippen LogP) is 2.38. The minimum atomic E-state index is -0.0606. The van der Waals surface area contributed by atoms with Crippen molar-refractivity contribution in [1.29, 1.82) is 0 Å². The molecule has 3 nitrogen and oxygen atoms in total. The van der Waals surface area contributed by atoms with E-state index >= 15 is 0 Å². The first kappa shape index (κ1) is 14.0. The minimum absolute atomic E-state index is 0.0606. The van der Waals surface area contributed by atoms with E-state index in [4.69, 9.17) is 11.6 Å². The van der Waals surface area contributed by atoms with Gasteiger partial charge in [0.05, 0.1) is 0 Å². The molecule has 0 unspecified atom stereocenters. The Hall–Kier alpha value is -1.06. The summed E-state index contributed by atoms with van der Waals surface area (Å²) in [7, 11) is 0. The van der Waals surface area contributed by atoms with Crippen LogP contribution < -0.4 is 10.6 Å². The zero-order valence-corrected chi connectivity index (χ0v) is 11.3. The number of amides is 1. The molecule has 1 rings (SSSR count). The van der Waals surface area contributed by atoms with Crippen LogP contribution in [0, 0.1) is 6.92 Å². The standard InChI is InChI=1S/C13H19ClN2O/c1-4-15-10(3)8-16-13(17)11-5-6-12(14)9(2)7-11/h5-7,10,15H,4,8H2,1-3H3,(H,16,17)/t10-/m1/s1. The van der Waals surface area contributed by atoms with Crippen LogP contribution in [-0.2, 0) is 0 Å². The van der Waals surface area contributed by atoms with Gasteiger partial charge < -0.3 is 10.6 Å². The Balaban J connectivity index is 2.55. The molecule has 0 bridgehead atoms. The van der Waals surface area contributed by atoms with E-state index in [2.05, 4.69) is 10.6 Å². The zero-order chi connectivity index (χ0) is 12.8. The molecule has 0 heterocycles. The van der Waals surface area contributed by atoms with Gasteiger partial charge in [0.25, 0.3) is 5.91 Å². The highest BCUT2D eigenvalue weighted by atomic mass is 35.5. The molecule has 0 radical (unpaired) electrons. The Bertz CT molecular complexity index is 393. The summed E-state index contributed by atoms with van der Waals surface area (Å²) >= 11 is 5.91. The molecule has 94 valence electrons. The topological polar surface area (TPSA) is 41.1 Å². The van der Waals surface area contributed by atoms with Crippen LogP contribution in [-0.4, -0.2) is 25.0 Å². The van der Waals surface area contributed by atoms with Crippen LogP contribution in [0.15, 0.2) is 18.2 Å². The molecule has 1 amide bonds. The Morgan fingerprint density at radius 3 is 2.76 bits per heavy atom. The van der Waals surface area contributed by atoms with E-state index in [0.29, 0.717) is 17.1 Å². The average molecular weight is 255 g/mol. The quantitative estimate of drug-likeness (QED) is 0.847. The van der Waals surface area contributed by atoms with Gasteiger partial charge in [-0.2, -0.15) is 0 Å². The molecule has 1 aromatic rings.